The van der Waals surface area contributed by atoms with Crippen molar-refractivity contribution in [2.45, 2.75) is 44.2 Å². The number of rotatable bonds is 3. The highest BCUT2D eigenvalue weighted by Crippen LogP contribution is 2.33. The van der Waals surface area contributed by atoms with Crippen LogP contribution in [0.5, 0.6) is 0 Å². The molecule has 25 heavy (non-hydrogen) atoms. The smallest absolute Gasteiger partial charge is 0.241 e. The Hall–Kier alpha value is -1.51. The molecule has 1 aromatic rings. The number of likely N-dealkylation sites (tertiary alicyclic amines) is 1. The SMILES string of the molecule is Cc1ccc(C2(O)CCN(C(=O)[C@H]3CCCN3S(C)(=O)=O)CC2)nc1. The van der Waals surface area contributed by atoms with Crippen LogP contribution in [0.2, 0.25) is 0 Å². The third-order valence-corrected chi connectivity index (χ3v) is 6.49. The lowest BCUT2D eigenvalue weighted by atomic mass is 9.87. The van der Waals surface area contributed by atoms with Gasteiger partial charge in [-0.05, 0) is 44.2 Å². The first-order valence-corrected chi connectivity index (χ1v) is 10.5. The molecule has 7 nitrogen and oxygen atoms in total. The van der Waals surface area contributed by atoms with E-state index in [1.807, 2.05) is 19.1 Å². The molecule has 2 aliphatic heterocycles. The number of piperidine rings is 1. The molecule has 0 saturated carbocycles. The zero-order valence-corrected chi connectivity index (χ0v) is 15.5. The van der Waals surface area contributed by atoms with Gasteiger partial charge in [-0.3, -0.25) is 9.78 Å². The molecular weight excluding hydrogens is 342 g/mol. The number of hydrogen-bond donors (Lipinski definition) is 1. The van der Waals surface area contributed by atoms with Crippen molar-refractivity contribution in [3.05, 3.63) is 29.6 Å². The van der Waals surface area contributed by atoms with Crippen LogP contribution >= 0.6 is 0 Å². The highest BCUT2D eigenvalue weighted by Gasteiger charge is 2.42. The summed E-state index contributed by atoms with van der Waals surface area (Å²) < 4.78 is 25.0. The van der Waals surface area contributed by atoms with Gasteiger partial charge in [0, 0.05) is 25.8 Å². The van der Waals surface area contributed by atoms with Gasteiger partial charge < -0.3 is 10.0 Å². The van der Waals surface area contributed by atoms with E-state index in [4.69, 9.17) is 0 Å². The van der Waals surface area contributed by atoms with Gasteiger partial charge in [0.1, 0.15) is 11.6 Å². The van der Waals surface area contributed by atoms with Gasteiger partial charge in [-0.25, -0.2) is 8.42 Å². The Bertz CT molecular complexity index is 740. The standard InChI is InChI=1S/C17H25N3O4S/c1-13-5-6-15(18-12-13)17(22)7-10-19(11-8-17)16(21)14-4-3-9-20(14)25(2,23)24/h5-6,12,14,22H,3-4,7-11H2,1-2H3/t14-/m1/s1. The maximum absolute atomic E-state index is 12.8. The lowest BCUT2D eigenvalue weighted by molar-refractivity contribution is -0.139. The summed E-state index contributed by atoms with van der Waals surface area (Å²) in [7, 11) is -3.38. The van der Waals surface area contributed by atoms with Crippen LogP contribution < -0.4 is 0 Å². The predicted octanol–water partition coefficient (Wildman–Crippen LogP) is 0.624. The highest BCUT2D eigenvalue weighted by atomic mass is 32.2. The van der Waals surface area contributed by atoms with E-state index in [0.29, 0.717) is 51.0 Å². The third-order valence-electron chi connectivity index (χ3n) is 5.21. The molecular formula is C17H25N3O4S. The lowest BCUT2D eigenvalue weighted by Gasteiger charge is -2.39. The van der Waals surface area contributed by atoms with Gasteiger partial charge in [0.15, 0.2) is 0 Å². The molecule has 0 aliphatic carbocycles. The molecule has 1 amide bonds. The molecule has 0 radical (unpaired) electrons. The van der Waals surface area contributed by atoms with E-state index >= 15 is 0 Å². The van der Waals surface area contributed by atoms with Crippen molar-refractivity contribution < 1.29 is 18.3 Å². The second-order valence-corrected chi connectivity index (χ2v) is 9.04. The van der Waals surface area contributed by atoms with Crippen molar-refractivity contribution in [2.24, 2.45) is 0 Å². The number of pyridine rings is 1. The molecule has 8 heteroatoms. The van der Waals surface area contributed by atoms with Crippen LogP contribution in [-0.2, 0) is 20.4 Å². The number of carbonyl (C=O) groups excluding carboxylic acids is 1. The van der Waals surface area contributed by atoms with Crippen molar-refractivity contribution in [3.63, 3.8) is 0 Å². The van der Waals surface area contributed by atoms with Gasteiger partial charge in [-0.15, -0.1) is 0 Å². The fourth-order valence-electron chi connectivity index (χ4n) is 3.69. The Kier molecular flexibility index (Phi) is 4.87. The fourth-order valence-corrected chi connectivity index (χ4v) is 4.81. The lowest BCUT2D eigenvalue weighted by Crippen LogP contribution is -2.52. The Morgan fingerprint density at radius 1 is 1.28 bits per heavy atom. The predicted molar refractivity (Wildman–Crippen MR) is 93.3 cm³/mol. The maximum atomic E-state index is 12.8. The van der Waals surface area contributed by atoms with Crippen molar-refractivity contribution in [2.75, 3.05) is 25.9 Å². The molecule has 138 valence electrons. The number of aryl methyl sites for hydroxylation is 1. The van der Waals surface area contributed by atoms with E-state index in [2.05, 4.69) is 4.98 Å². The highest BCUT2D eigenvalue weighted by molar-refractivity contribution is 7.88. The first-order chi connectivity index (χ1) is 11.7. The quantitative estimate of drug-likeness (QED) is 0.846. The van der Waals surface area contributed by atoms with Crippen molar-refractivity contribution in [3.8, 4) is 0 Å². The van der Waals surface area contributed by atoms with Gasteiger partial charge >= 0.3 is 0 Å². The number of hydrogen-bond acceptors (Lipinski definition) is 5. The Labute approximate surface area is 148 Å². The molecule has 2 fully saturated rings. The summed E-state index contributed by atoms with van der Waals surface area (Å²) in [5.41, 5.74) is 0.627. The van der Waals surface area contributed by atoms with Crippen molar-refractivity contribution in [1.82, 2.24) is 14.2 Å². The number of sulfonamides is 1. The first-order valence-electron chi connectivity index (χ1n) is 8.62. The molecule has 2 saturated heterocycles. The first kappa shape index (κ1) is 18.3. The fraction of sp³-hybridized carbons (Fsp3) is 0.647. The van der Waals surface area contributed by atoms with Crippen LogP contribution in [0, 0.1) is 6.92 Å². The second-order valence-electron chi connectivity index (χ2n) is 7.11. The van der Waals surface area contributed by atoms with E-state index in [1.165, 1.54) is 4.31 Å². The van der Waals surface area contributed by atoms with Gasteiger partial charge in [0.05, 0.1) is 11.9 Å². The third kappa shape index (κ3) is 3.70. The molecule has 0 unspecified atom stereocenters. The summed E-state index contributed by atoms with van der Waals surface area (Å²) in [5.74, 6) is -0.151. The molecule has 1 aromatic heterocycles. The normalized spacial score (nSPS) is 24.4. The number of aliphatic hydroxyl groups is 1. The van der Waals surface area contributed by atoms with E-state index in [9.17, 15) is 18.3 Å². The maximum Gasteiger partial charge on any atom is 0.241 e. The van der Waals surface area contributed by atoms with Crippen LogP contribution in [-0.4, -0.2) is 65.6 Å². The van der Waals surface area contributed by atoms with Gasteiger partial charge in [-0.2, -0.15) is 4.31 Å². The minimum Gasteiger partial charge on any atom is -0.383 e. The Morgan fingerprint density at radius 3 is 2.52 bits per heavy atom. The van der Waals surface area contributed by atoms with E-state index < -0.39 is 21.7 Å². The van der Waals surface area contributed by atoms with Crippen molar-refractivity contribution >= 4 is 15.9 Å². The Balaban J connectivity index is 1.67. The molecule has 2 aliphatic rings. The molecule has 3 heterocycles. The summed E-state index contributed by atoms with van der Waals surface area (Å²) in [6, 6.07) is 3.15. The minimum absolute atomic E-state index is 0.151. The van der Waals surface area contributed by atoms with Crippen LogP contribution in [0.1, 0.15) is 36.9 Å². The van der Waals surface area contributed by atoms with Gasteiger partial charge in [0.25, 0.3) is 0 Å². The molecule has 0 bridgehead atoms. The van der Waals surface area contributed by atoms with Crippen molar-refractivity contribution in [1.29, 1.82) is 0 Å². The second kappa shape index (κ2) is 6.66. The number of nitrogens with zero attached hydrogens (tertiary/aromatic N) is 3. The van der Waals surface area contributed by atoms with Crippen LogP contribution in [0.25, 0.3) is 0 Å². The number of carbonyl (C=O) groups is 1. The average Bonchev–Trinajstić information content (AvgIpc) is 3.05. The topological polar surface area (TPSA) is 90.8 Å². The average molecular weight is 367 g/mol. The molecule has 1 atom stereocenters. The van der Waals surface area contributed by atoms with E-state index in [1.54, 1.807) is 11.1 Å². The summed E-state index contributed by atoms with van der Waals surface area (Å²) in [4.78, 5) is 18.8. The molecule has 1 N–H and O–H groups in total. The molecule has 3 rings (SSSR count). The van der Waals surface area contributed by atoms with Crippen LogP contribution in [0.15, 0.2) is 18.3 Å². The zero-order chi connectivity index (χ0) is 18.2. The number of amides is 1. The largest absolute Gasteiger partial charge is 0.383 e. The van der Waals surface area contributed by atoms with Gasteiger partial charge in [-0.1, -0.05) is 6.07 Å². The number of aromatic nitrogens is 1. The van der Waals surface area contributed by atoms with Gasteiger partial charge in [0.2, 0.25) is 15.9 Å². The van der Waals surface area contributed by atoms with E-state index in [-0.39, 0.29) is 5.91 Å². The monoisotopic (exact) mass is 367 g/mol. The molecule has 0 spiro atoms. The summed E-state index contributed by atoms with van der Waals surface area (Å²) in [5, 5.41) is 10.9. The van der Waals surface area contributed by atoms with E-state index in [0.717, 1.165) is 11.8 Å². The summed E-state index contributed by atoms with van der Waals surface area (Å²) >= 11 is 0. The van der Waals surface area contributed by atoms with Crippen LogP contribution in [0.3, 0.4) is 0 Å². The zero-order valence-electron chi connectivity index (χ0n) is 14.7. The minimum atomic E-state index is -3.38. The molecule has 0 aromatic carbocycles. The van der Waals surface area contributed by atoms with Crippen LogP contribution in [0.4, 0.5) is 0 Å². The summed E-state index contributed by atoms with van der Waals surface area (Å²) in [6.07, 6.45) is 4.95. The Morgan fingerprint density at radius 2 is 1.96 bits per heavy atom. The summed E-state index contributed by atoms with van der Waals surface area (Å²) in [6.45, 7) is 3.15.